The van der Waals surface area contributed by atoms with Crippen molar-refractivity contribution in [2.24, 2.45) is 11.8 Å². The van der Waals surface area contributed by atoms with E-state index in [4.69, 9.17) is 4.74 Å². The molecule has 0 N–H and O–H groups in total. The molecule has 1 aromatic rings. The van der Waals surface area contributed by atoms with Gasteiger partial charge < -0.3 is 14.4 Å². The van der Waals surface area contributed by atoms with Gasteiger partial charge in [0, 0.05) is 18.2 Å². The molecule has 2 saturated heterocycles. The van der Waals surface area contributed by atoms with Crippen molar-refractivity contribution in [2.75, 3.05) is 18.1 Å². The van der Waals surface area contributed by atoms with Crippen LogP contribution in [0.15, 0.2) is 24.3 Å². The molecule has 3 aliphatic rings. The van der Waals surface area contributed by atoms with Gasteiger partial charge in [0.1, 0.15) is 5.75 Å². The minimum Gasteiger partial charge on any atom is -0.406 e. The lowest BCUT2D eigenvalue weighted by Gasteiger charge is -2.19. The second-order valence-electron chi connectivity index (χ2n) is 6.24. The third kappa shape index (κ3) is 2.33. The molecule has 7 heteroatoms. The largest absolute Gasteiger partial charge is 0.573 e. The van der Waals surface area contributed by atoms with Gasteiger partial charge in [0.25, 0.3) is 0 Å². The third-order valence-electron chi connectivity index (χ3n) is 4.73. The SMILES string of the molecule is O=C1[C@H]2C[C@]3(CO3)C[C@H]2CN1c1ccc(OC(F)(F)F)cc1. The maximum atomic E-state index is 12.5. The number of halogens is 3. The summed E-state index contributed by atoms with van der Waals surface area (Å²) in [4.78, 5) is 14.1. The molecule has 118 valence electrons. The zero-order valence-corrected chi connectivity index (χ0v) is 11.6. The fourth-order valence-corrected chi connectivity index (χ4v) is 3.67. The molecule has 3 fully saturated rings. The number of ether oxygens (including phenoxy) is 2. The number of benzene rings is 1. The molecule has 1 aliphatic carbocycles. The molecule has 1 saturated carbocycles. The Morgan fingerprint density at radius 1 is 1.23 bits per heavy atom. The fraction of sp³-hybridized carbons (Fsp3) is 0.533. The minimum absolute atomic E-state index is 0.0198. The van der Waals surface area contributed by atoms with E-state index < -0.39 is 6.36 Å². The van der Waals surface area contributed by atoms with Crippen LogP contribution in [-0.4, -0.2) is 31.0 Å². The zero-order chi connectivity index (χ0) is 15.5. The summed E-state index contributed by atoms with van der Waals surface area (Å²) in [5.74, 6) is 0.0185. The molecule has 0 aromatic heterocycles. The summed E-state index contributed by atoms with van der Waals surface area (Å²) >= 11 is 0. The Morgan fingerprint density at radius 3 is 2.45 bits per heavy atom. The van der Waals surface area contributed by atoms with E-state index >= 15 is 0 Å². The van der Waals surface area contributed by atoms with Crippen molar-refractivity contribution in [3.63, 3.8) is 0 Å². The average molecular weight is 313 g/mol. The first kappa shape index (κ1) is 13.9. The highest BCUT2D eigenvalue weighted by molar-refractivity contribution is 5.98. The Labute approximate surface area is 124 Å². The molecule has 2 aliphatic heterocycles. The van der Waals surface area contributed by atoms with E-state index in [1.165, 1.54) is 24.3 Å². The summed E-state index contributed by atoms with van der Waals surface area (Å²) in [6, 6.07) is 5.44. The van der Waals surface area contributed by atoms with Gasteiger partial charge in [-0.1, -0.05) is 0 Å². The quantitative estimate of drug-likeness (QED) is 0.789. The Kier molecular flexibility index (Phi) is 2.76. The van der Waals surface area contributed by atoms with E-state index in [-0.39, 0.29) is 29.1 Å². The maximum Gasteiger partial charge on any atom is 0.573 e. The number of epoxide rings is 1. The lowest BCUT2D eigenvalue weighted by atomic mass is 10.0. The Hall–Kier alpha value is -1.76. The molecule has 0 unspecified atom stereocenters. The minimum atomic E-state index is -4.71. The van der Waals surface area contributed by atoms with Crippen LogP contribution in [0, 0.1) is 11.8 Å². The highest BCUT2D eigenvalue weighted by Gasteiger charge is 2.60. The van der Waals surface area contributed by atoms with Gasteiger partial charge in [0.15, 0.2) is 0 Å². The van der Waals surface area contributed by atoms with Crippen molar-refractivity contribution in [3.8, 4) is 5.75 Å². The summed E-state index contributed by atoms with van der Waals surface area (Å²) in [6.45, 7) is 1.35. The average Bonchev–Trinajstić information content (AvgIpc) is 2.98. The second kappa shape index (κ2) is 4.38. The van der Waals surface area contributed by atoms with E-state index in [1.807, 2.05) is 0 Å². The van der Waals surface area contributed by atoms with Gasteiger partial charge in [-0.2, -0.15) is 0 Å². The number of carbonyl (C=O) groups is 1. The molecular weight excluding hydrogens is 299 g/mol. The number of hydrogen-bond acceptors (Lipinski definition) is 3. The van der Waals surface area contributed by atoms with E-state index in [0.29, 0.717) is 12.2 Å². The highest BCUT2D eigenvalue weighted by atomic mass is 19.4. The number of hydrogen-bond donors (Lipinski definition) is 0. The van der Waals surface area contributed by atoms with E-state index in [2.05, 4.69) is 4.74 Å². The highest BCUT2D eigenvalue weighted by Crippen LogP contribution is 2.53. The van der Waals surface area contributed by atoms with E-state index in [0.717, 1.165) is 19.4 Å². The number of rotatable bonds is 2. The second-order valence-corrected chi connectivity index (χ2v) is 6.24. The summed E-state index contributed by atoms with van der Waals surface area (Å²) in [5, 5.41) is 0. The molecule has 0 radical (unpaired) electrons. The topological polar surface area (TPSA) is 42.1 Å². The van der Waals surface area contributed by atoms with Gasteiger partial charge in [-0.05, 0) is 43.0 Å². The number of anilines is 1. The summed E-state index contributed by atoms with van der Waals surface area (Å²) < 4.78 is 45.7. The van der Waals surface area contributed by atoms with Gasteiger partial charge in [-0.3, -0.25) is 4.79 Å². The predicted molar refractivity (Wildman–Crippen MR) is 70.4 cm³/mol. The first-order chi connectivity index (χ1) is 10.4. The molecule has 4 nitrogen and oxygen atoms in total. The first-order valence-corrected chi connectivity index (χ1v) is 7.16. The summed E-state index contributed by atoms with van der Waals surface area (Å²) in [7, 11) is 0. The molecule has 4 rings (SSSR count). The van der Waals surface area contributed by atoms with E-state index in [9.17, 15) is 18.0 Å². The van der Waals surface area contributed by atoms with Gasteiger partial charge in [0.2, 0.25) is 5.91 Å². The van der Waals surface area contributed by atoms with Crippen molar-refractivity contribution in [1.29, 1.82) is 0 Å². The lowest BCUT2D eigenvalue weighted by molar-refractivity contribution is -0.274. The van der Waals surface area contributed by atoms with Crippen molar-refractivity contribution in [1.82, 2.24) is 0 Å². The Bertz CT molecular complexity index is 609. The Balaban J connectivity index is 1.48. The molecular formula is C15H14F3NO3. The fourth-order valence-electron chi connectivity index (χ4n) is 3.67. The molecule has 2 heterocycles. The monoisotopic (exact) mass is 313 g/mol. The molecule has 22 heavy (non-hydrogen) atoms. The number of carbonyl (C=O) groups excluding carboxylic acids is 1. The van der Waals surface area contributed by atoms with Crippen molar-refractivity contribution in [2.45, 2.75) is 24.8 Å². The molecule has 1 amide bonds. The van der Waals surface area contributed by atoms with Crippen LogP contribution in [0.4, 0.5) is 18.9 Å². The number of fused-ring (bicyclic) bond motifs is 1. The van der Waals surface area contributed by atoms with Crippen molar-refractivity contribution in [3.05, 3.63) is 24.3 Å². The molecule has 1 aromatic carbocycles. The standard InChI is InChI=1S/C15H14F3NO3/c16-15(17,18)22-11-3-1-10(2-4-11)19-7-9-5-14(8-21-14)6-12(9)13(19)20/h1-4,9,12H,5-8H2/t9-,12-,14-/m0/s1. The van der Waals surface area contributed by atoms with E-state index in [1.54, 1.807) is 4.90 Å². The lowest BCUT2D eigenvalue weighted by Crippen LogP contribution is -2.28. The normalized spacial score (nSPS) is 33.4. The number of nitrogens with zero attached hydrogens (tertiary/aromatic N) is 1. The summed E-state index contributed by atoms with van der Waals surface area (Å²) in [6.07, 6.45) is -3.04. The molecule has 0 bridgehead atoms. The van der Waals surface area contributed by atoms with Crippen molar-refractivity contribution >= 4 is 11.6 Å². The maximum absolute atomic E-state index is 12.5. The molecule has 1 spiro atoms. The van der Waals surface area contributed by atoms with Crippen LogP contribution in [0.2, 0.25) is 0 Å². The van der Waals surface area contributed by atoms with Crippen LogP contribution in [0.25, 0.3) is 0 Å². The van der Waals surface area contributed by atoms with Crippen LogP contribution in [0.1, 0.15) is 12.8 Å². The van der Waals surface area contributed by atoms with Crippen LogP contribution in [-0.2, 0) is 9.53 Å². The van der Waals surface area contributed by atoms with Gasteiger partial charge >= 0.3 is 6.36 Å². The van der Waals surface area contributed by atoms with Gasteiger partial charge in [0.05, 0.1) is 12.2 Å². The van der Waals surface area contributed by atoms with Crippen LogP contribution < -0.4 is 9.64 Å². The Morgan fingerprint density at radius 2 is 1.91 bits per heavy atom. The number of amides is 1. The number of alkyl halides is 3. The third-order valence-corrected chi connectivity index (χ3v) is 4.73. The van der Waals surface area contributed by atoms with Crippen LogP contribution >= 0.6 is 0 Å². The van der Waals surface area contributed by atoms with Crippen molar-refractivity contribution < 1.29 is 27.4 Å². The smallest absolute Gasteiger partial charge is 0.406 e. The van der Waals surface area contributed by atoms with Gasteiger partial charge in [-0.15, -0.1) is 13.2 Å². The zero-order valence-electron chi connectivity index (χ0n) is 11.6. The predicted octanol–water partition coefficient (Wildman–Crippen LogP) is 2.73. The van der Waals surface area contributed by atoms with Gasteiger partial charge in [-0.25, -0.2) is 0 Å². The first-order valence-electron chi connectivity index (χ1n) is 7.16. The van der Waals surface area contributed by atoms with Crippen LogP contribution in [0.3, 0.4) is 0 Å². The molecule has 3 atom stereocenters. The van der Waals surface area contributed by atoms with Crippen LogP contribution in [0.5, 0.6) is 5.75 Å². The summed E-state index contributed by atoms with van der Waals surface area (Å²) in [5.41, 5.74) is 0.557.